The van der Waals surface area contributed by atoms with Crippen LogP contribution in [-0.4, -0.2) is 52.1 Å². The Morgan fingerprint density at radius 3 is 2.59 bits per heavy atom. The Hall–Kier alpha value is -2.79. The fourth-order valence-corrected chi connectivity index (χ4v) is 2.68. The monoisotopic (exact) mass is 368 g/mol. The maximum Gasteiger partial charge on any atom is 0.189 e. The Kier molecular flexibility index (Phi) is 7.89. The molecule has 0 radical (unpaired) electrons. The summed E-state index contributed by atoms with van der Waals surface area (Å²) in [5.74, 6) is 1.02. The van der Waals surface area contributed by atoms with Crippen molar-refractivity contribution in [1.29, 1.82) is 0 Å². The van der Waals surface area contributed by atoms with Crippen LogP contribution in [0.25, 0.3) is 6.08 Å². The molecule has 2 aromatic rings. The van der Waals surface area contributed by atoms with Gasteiger partial charge in [0.05, 0.1) is 19.8 Å². The number of para-hydroxylation sites is 1. The highest BCUT2D eigenvalue weighted by Crippen LogP contribution is 2.25. The van der Waals surface area contributed by atoms with E-state index in [9.17, 15) is 4.79 Å². The predicted molar refractivity (Wildman–Crippen MR) is 111 cm³/mol. The fraction of sp³-hybridized carbons (Fsp3) is 0.318. The number of ketones is 1. The van der Waals surface area contributed by atoms with E-state index in [2.05, 4.69) is 24.3 Å². The van der Waals surface area contributed by atoms with Gasteiger partial charge in [0, 0.05) is 12.2 Å². The van der Waals surface area contributed by atoms with Crippen LogP contribution in [0.4, 0.5) is 5.69 Å². The van der Waals surface area contributed by atoms with Gasteiger partial charge in [-0.1, -0.05) is 18.2 Å². The minimum Gasteiger partial charge on any atom is -0.497 e. The molecule has 1 N–H and O–H groups in total. The van der Waals surface area contributed by atoms with Gasteiger partial charge in [-0.05, 0) is 69.0 Å². The lowest BCUT2D eigenvalue weighted by Crippen LogP contribution is -2.16. The summed E-state index contributed by atoms with van der Waals surface area (Å²) in [7, 11) is 7.25. The highest BCUT2D eigenvalue weighted by atomic mass is 16.5. The Bertz CT molecular complexity index is 785. The fourth-order valence-electron chi connectivity index (χ4n) is 2.68. The summed E-state index contributed by atoms with van der Waals surface area (Å²) in [6.45, 7) is 1.90. The number of carbonyl (C=O) groups is 1. The predicted octanol–water partition coefficient (Wildman–Crippen LogP) is 3.96. The first-order valence-corrected chi connectivity index (χ1v) is 8.97. The Balaban J connectivity index is 2.12. The van der Waals surface area contributed by atoms with Gasteiger partial charge in [0.1, 0.15) is 11.5 Å². The summed E-state index contributed by atoms with van der Waals surface area (Å²) >= 11 is 0. The first kappa shape index (κ1) is 20.5. The average molecular weight is 368 g/mol. The van der Waals surface area contributed by atoms with E-state index in [0.717, 1.165) is 30.8 Å². The normalized spacial score (nSPS) is 11.0. The molecule has 144 valence electrons. The van der Waals surface area contributed by atoms with E-state index in [-0.39, 0.29) is 5.78 Å². The second kappa shape index (κ2) is 10.4. The van der Waals surface area contributed by atoms with Crippen LogP contribution >= 0.6 is 0 Å². The van der Waals surface area contributed by atoms with Crippen molar-refractivity contribution in [1.82, 2.24) is 4.90 Å². The number of carbonyl (C=O) groups excluding carboxylic acids is 1. The second-order valence-corrected chi connectivity index (χ2v) is 6.43. The van der Waals surface area contributed by atoms with Crippen molar-refractivity contribution < 1.29 is 14.3 Å². The maximum absolute atomic E-state index is 12.7. The van der Waals surface area contributed by atoms with Gasteiger partial charge in [-0.25, -0.2) is 0 Å². The van der Waals surface area contributed by atoms with E-state index < -0.39 is 0 Å². The lowest BCUT2D eigenvalue weighted by Gasteiger charge is -2.12. The number of methoxy groups -OCH3 is 2. The topological polar surface area (TPSA) is 50.8 Å². The van der Waals surface area contributed by atoms with E-state index >= 15 is 0 Å². The van der Waals surface area contributed by atoms with Gasteiger partial charge in [-0.2, -0.15) is 0 Å². The Morgan fingerprint density at radius 2 is 1.89 bits per heavy atom. The van der Waals surface area contributed by atoms with Crippen LogP contribution in [0.5, 0.6) is 11.5 Å². The van der Waals surface area contributed by atoms with Crippen molar-refractivity contribution >= 4 is 17.5 Å². The van der Waals surface area contributed by atoms with E-state index in [0.29, 0.717) is 17.1 Å². The molecule has 0 aliphatic carbocycles. The summed E-state index contributed by atoms with van der Waals surface area (Å²) in [6, 6.07) is 13.1. The van der Waals surface area contributed by atoms with Gasteiger partial charge >= 0.3 is 0 Å². The number of allylic oxidation sites excluding steroid dienone is 1. The number of hydrogen-bond donors (Lipinski definition) is 1. The maximum atomic E-state index is 12.7. The quantitative estimate of drug-likeness (QED) is 0.391. The van der Waals surface area contributed by atoms with E-state index in [1.165, 1.54) is 0 Å². The van der Waals surface area contributed by atoms with Gasteiger partial charge in [-0.3, -0.25) is 4.79 Å². The minimum atomic E-state index is -0.131. The number of rotatable bonds is 10. The molecule has 0 spiro atoms. The van der Waals surface area contributed by atoms with Crippen molar-refractivity contribution in [3.8, 4) is 11.5 Å². The molecule has 0 amide bonds. The average Bonchev–Trinajstić information content (AvgIpc) is 2.69. The molecule has 0 unspecified atom stereocenters. The first-order chi connectivity index (χ1) is 13.0. The number of ether oxygens (including phenoxy) is 2. The summed E-state index contributed by atoms with van der Waals surface area (Å²) in [5.41, 5.74) is 2.46. The van der Waals surface area contributed by atoms with Crippen LogP contribution in [0, 0.1) is 0 Å². The summed E-state index contributed by atoms with van der Waals surface area (Å²) in [4.78, 5) is 14.8. The van der Waals surface area contributed by atoms with Crippen molar-refractivity contribution in [2.24, 2.45) is 0 Å². The summed E-state index contributed by atoms with van der Waals surface area (Å²) in [6.07, 6.45) is 4.44. The number of benzene rings is 2. The Morgan fingerprint density at radius 1 is 1.11 bits per heavy atom. The molecule has 5 nitrogen and oxygen atoms in total. The molecular formula is C22H28N2O3. The van der Waals surface area contributed by atoms with Crippen LogP contribution in [0.15, 0.2) is 48.5 Å². The second-order valence-electron chi connectivity index (χ2n) is 6.43. The largest absolute Gasteiger partial charge is 0.497 e. The van der Waals surface area contributed by atoms with E-state index in [1.807, 2.05) is 30.3 Å². The zero-order valence-electron chi connectivity index (χ0n) is 16.5. The van der Waals surface area contributed by atoms with Crippen LogP contribution in [-0.2, 0) is 0 Å². The molecule has 0 saturated heterocycles. The van der Waals surface area contributed by atoms with E-state index in [1.54, 1.807) is 38.5 Å². The van der Waals surface area contributed by atoms with Crippen molar-refractivity contribution in [3.63, 3.8) is 0 Å². The minimum absolute atomic E-state index is 0.131. The molecule has 0 aliphatic rings. The zero-order chi connectivity index (χ0) is 19.6. The lowest BCUT2D eigenvalue weighted by atomic mass is 10.1. The third-order valence-corrected chi connectivity index (χ3v) is 4.14. The molecule has 5 heteroatoms. The van der Waals surface area contributed by atoms with Crippen molar-refractivity contribution in [2.45, 2.75) is 6.42 Å². The zero-order valence-corrected chi connectivity index (χ0v) is 16.5. The number of anilines is 1. The lowest BCUT2D eigenvalue weighted by molar-refractivity contribution is 0.104. The summed E-state index contributed by atoms with van der Waals surface area (Å²) in [5, 5.41) is 3.44. The molecule has 0 atom stereocenters. The standard InChI is InChI=1S/C22H28N2O3/c1-24(2)15-7-14-23-20-9-6-5-8-17(20)10-12-21(25)19-16-18(26-3)11-13-22(19)27-4/h5-6,8-13,16,23H,7,14-15H2,1-4H3. The van der Waals surface area contributed by atoms with Gasteiger partial charge in [-0.15, -0.1) is 0 Å². The van der Waals surface area contributed by atoms with Gasteiger partial charge in [0.15, 0.2) is 5.78 Å². The highest BCUT2D eigenvalue weighted by Gasteiger charge is 2.11. The van der Waals surface area contributed by atoms with Gasteiger partial charge < -0.3 is 19.7 Å². The van der Waals surface area contributed by atoms with Crippen LogP contribution in [0.2, 0.25) is 0 Å². The van der Waals surface area contributed by atoms with Gasteiger partial charge in [0.25, 0.3) is 0 Å². The molecule has 0 saturated carbocycles. The molecule has 0 fully saturated rings. The van der Waals surface area contributed by atoms with Crippen LogP contribution < -0.4 is 14.8 Å². The molecule has 0 bridgehead atoms. The third-order valence-electron chi connectivity index (χ3n) is 4.14. The van der Waals surface area contributed by atoms with E-state index in [4.69, 9.17) is 9.47 Å². The molecule has 0 aromatic heterocycles. The number of hydrogen-bond acceptors (Lipinski definition) is 5. The molecule has 27 heavy (non-hydrogen) atoms. The molecular weight excluding hydrogens is 340 g/mol. The van der Waals surface area contributed by atoms with Crippen molar-refractivity contribution in [3.05, 3.63) is 59.7 Å². The smallest absolute Gasteiger partial charge is 0.189 e. The third kappa shape index (κ3) is 6.15. The molecule has 0 aliphatic heterocycles. The number of nitrogens with one attached hydrogen (secondary N) is 1. The number of nitrogens with zero attached hydrogens (tertiary/aromatic N) is 1. The SMILES string of the molecule is COc1ccc(OC)c(C(=O)C=Cc2ccccc2NCCCN(C)C)c1. The Labute approximate surface area is 161 Å². The van der Waals surface area contributed by atoms with Crippen LogP contribution in [0.3, 0.4) is 0 Å². The molecule has 2 rings (SSSR count). The van der Waals surface area contributed by atoms with Gasteiger partial charge in [0.2, 0.25) is 0 Å². The van der Waals surface area contributed by atoms with Crippen molar-refractivity contribution in [2.75, 3.05) is 46.7 Å². The molecule has 2 aromatic carbocycles. The van der Waals surface area contributed by atoms with Crippen LogP contribution in [0.1, 0.15) is 22.3 Å². The summed E-state index contributed by atoms with van der Waals surface area (Å²) < 4.78 is 10.5. The molecule has 0 heterocycles. The first-order valence-electron chi connectivity index (χ1n) is 8.97. The highest BCUT2D eigenvalue weighted by molar-refractivity contribution is 6.09.